The largest absolute Gasteiger partial charge is 0.399 e. The lowest BCUT2D eigenvalue weighted by Crippen LogP contribution is -1.97. The Morgan fingerprint density at radius 1 is 1.45 bits per heavy atom. The van der Waals surface area contributed by atoms with E-state index in [-0.39, 0.29) is 0 Å². The number of nitrogens with two attached hydrogens (primary N) is 1. The molecule has 3 N–H and O–H groups in total. The number of halogens is 1. The van der Waals surface area contributed by atoms with Gasteiger partial charge in [0, 0.05) is 22.9 Å². The van der Waals surface area contributed by atoms with Crippen molar-refractivity contribution in [2.75, 3.05) is 17.6 Å². The van der Waals surface area contributed by atoms with E-state index in [0.29, 0.717) is 10.7 Å². The van der Waals surface area contributed by atoms with Gasteiger partial charge >= 0.3 is 0 Å². The van der Waals surface area contributed by atoms with Crippen LogP contribution in [0.25, 0.3) is 0 Å². The van der Waals surface area contributed by atoms with Gasteiger partial charge < -0.3 is 11.1 Å². The molecule has 0 fully saturated rings. The van der Waals surface area contributed by atoms with E-state index in [1.807, 2.05) is 19.1 Å². The molecule has 0 saturated carbocycles. The maximum Gasteiger partial charge on any atom is 0.0446 e. The van der Waals surface area contributed by atoms with Crippen molar-refractivity contribution in [3.05, 3.63) is 23.2 Å². The summed E-state index contributed by atoms with van der Waals surface area (Å²) < 4.78 is 0. The summed E-state index contributed by atoms with van der Waals surface area (Å²) in [5.74, 6) is 0. The maximum atomic E-state index is 5.77. The fraction of sp³-hybridized carbons (Fsp3) is 0.250. The van der Waals surface area contributed by atoms with Crippen molar-refractivity contribution in [1.29, 1.82) is 0 Å². The van der Waals surface area contributed by atoms with Gasteiger partial charge in [0.05, 0.1) is 0 Å². The van der Waals surface area contributed by atoms with Crippen molar-refractivity contribution in [1.82, 2.24) is 0 Å². The summed E-state index contributed by atoms with van der Waals surface area (Å²) in [5, 5.41) is 3.79. The Labute approximate surface area is 71.4 Å². The second kappa shape index (κ2) is 3.49. The Balaban J connectivity index is 2.89. The van der Waals surface area contributed by atoms with E-state index < -0.39 is 0 Å². The third-order valence-electron chi connectivity index (χ3n) is 1.30. The molecule has 0 heterocycles. The number of benzene rings is 1. The molecule has 0 unspecified atom stereocenters. The van der Waals surface area contributed by atoms with Crippen molar-refractivity contribution >= 4 is 23.0 Å². The van der Waals surface area contributed by atoms with E-state index >= 15 is 0 Å². The van der Waals surface area contributed by atoms with Crippen LogP contribution in [0.3, 0.4) is 0 Å². The van der Waals surface area contributed by atoms with E-state index in [0.717, 1.165) is 12.2 Å². The fourth-order valence-corrected chi connectivity index (χ4v) is 1.16. The van der Waals surface area contributed by atoms with Crippen LogP contribution in [0.5, 0.6) is 0 Å². The smallest absolute Gasteiger partial charge is 0.0446 e. The molecule has 0 aliphatic heterocycles. The highest BCUT2D eigenvalue weighted by atomic mass is 35.5. The third kappa shape index (κ3) is 2.31. The van der Waals surface area contributed by atoms with Crippen molar-refractivity contribution in [3.8, 4) is 0 Å². The summed E-state index contributed by atoms with van der Waals surface area (Å²) in [5.41, 5.74) is 7.22. The van der Waals surface area contributed by atoms with Gasteiger partial charge in [0.15, 0.2) is 0 Å². The molecule has 2 nitrogen and oxygen atoms in total. The van der Waals surface area contributed by atoms with Crippen LogP contribution in [-0.4, -0.2) is 6.54 Å². The molecule has 11 heavy (non-hydrogen) atoms. The first kappa shape index (κ1) is 8.21. The zero-order valence-corrected chi connectivity index (χ0v) is 7.15. The molecule has 60 valence electrons. The average molecular weight is 171 g/mol. The second-order valence-electron chi connectivity index (χ2n) is 2.30. The van der Waals surface area contributed by atoms with Crippen LogP contribution in [0.4, 0.5) is 11.4 Å². The van der Waals surface area contributed by atoms with Crippen molar-refractivity contribution in [2.24, 2.45) is 0 Å². The minimum atomic E-state index is 0.668. The van der Waals surface area contributed by atoms with Crippen molar-refractivity contribution in [2.45, 2.75) is 6.92 Å². The third-order valence-corrected chi connectivity index (χ3v) is 1.52. The van der Waals surface area contributed by atoms with Crippen molar-refractivity contribution in [3.63, 3.8) is 0 Å². The van der Waals surface area contributed by atoms with Gasteiger partial charge in [-0.3, -0.25) is 0 Å². The van der Waals surface area contributed by atoms with Gasteiger partial charge in [0.1, 0.15) is 0 Å². The molecule has 0 bridgehead atoms. The van der Waals surface area contributed by atoms with E-state index in [9.17, 15) is 0 Å². The van der Waals surface area contributed by atoms with Crippen LogP contribution >= 0.6 is 11.6 Å². The van der Waals surface area contributed by atoms with Gasteiger partial charge in [-0.15, -0.1) is 0 Å². The second-order valence-corrected chi connectivity index (χ2v) is 2.74. The van der Waals surface area contributed by atoms with Gasteiger partial charge in [-0.1, -0.05) is 11.6 Å². The monoisotopic (exact) mass is 170 g/mol. The molecule has 0 aliphatic rings. The molecule has 1 rings (SSSR count). The molecule has 3 heteroatoms. The zero-order valence-electron chi connectivity index (χ0n) is 6.39. The number of rotatable bonds is 2. The highest BCUT2D eigenvalue weighted by molar-refractivity contribution is 6.31. The molecule has 0 radical (unpaired) electrons. The molecule has 0 saturated heterocycles. The molecule has 0 atom stereocenters. The first-order valence-electron chi connectivity index (χ1n) is 3.52. The van der Waals surface area contributed by atoms with Gasteiger partial charge in [-0.05, 0) is 25.1 Å². The fourth-order valence-electron chi connectivity index (χ4n) is 0.919. The number of anilines is 2. The average Bonchev–Trinajstić information content (AvgIpc) is 1.85. The SMILES string of the molecule is CCNc1cc(N)cc(Cl)c1. The minimum Gasteiger partial charge on any atom is -0.399 e. The van der Waals surface area contributed by atoms with Gasteiger partial charge in [0.2, 0.25) is 0 Å². The minimum absolute atomic E-state index is 0.668. The topological polar surface area (TPSA) is 38.0 Å². The van der Waals surface area contributed by atoms with Gasteiger partial charge in [0.25, 0.3) is 0 Å². The number of nitrogen functional groups attached to an aromatic ring is 1. The normalized spacial score (nSPS) is 9.64. The summed E-state index contributed by atoms with van der Waals surface area (Å²) in [7, 11) is 0. The lowest BCUT2D eigenvalue weighted by molar-refractivity contribution is 1.21. The first-order chi connectivity index (χ1) is 5.22. The van der Waals surface area contributed by atoms with E-state index in [4.69, 9.17) is 17.3 Å². The number of nitrogens with one attached hydrogen (secondary N) is 1. The molecule has 0 aliphatic carbocycles. The van der Waals surface area contributed by atoms with Crippen LogP contribution in [0.1, 0.15) is 6.92 Å². The predicted molar refractivity (Wildman–Crippen MR) is 50.0 cm³/mol. The Kier molecular flexibility index (Phi) is 2.60. The highest BCUT2D eigenvalue weighted by Gasteiger charge is 1.94. The van der Waals surface area contributed by atoms with Crippen LogP contribution in [0.15, 0.2) is 18.2 Å². The summed E-state index contributed by atoms with van der Waals surface area (Å²) in [6.45, 7) is 2.90. The Morgan fingerprint density at radius 2 is 2.18 bits per heavy atom. The molecule has 0 aromatic heterocycles. The molecule has 0 spiro atoms. The molecule has 1 aromatic rings. The number of hydrogen-bond acceptors (Lipinski definition) is 2. The molecular weight excluding hydrogens is 160 g/mol. The van der Waals surface area contributed by atoms with Crippen LogP contribution in [-0.2, 0) is 0 Å². The standard InChI is InChI=1S/C8H11ClN2/c1-2-11-8-4-6(9)3-7(10)5-8/h3-5,11H,2,10H2,1H3. The van der Waals surface area contributed by atoms with Crippen LogP contribution < -0.4 is 11.1 Å². The lowest BCUT2D eigenvalue weighted by atomic mass is 10.3. The quantitative estimate of drug-likeness (QED) is 0.669. The molecule has 0 amide bonds. The Bertz CT molecular complexity index is 228. The van der Waals surface area contributed by atoms with Crippen molar-refractivity contribution < 1.29 is 0 Å². The summed E-state index contributed by atoms with van der Waals surface area (Å²) in [4.78, 5) is 0. The van der Waals surface area contributed by atoms with Gasteiger partial charge in [-0.25, -0.2) is 0 Å². The van der Waals surface area contributed by atoms with E-state index in [1.165, 1.54) is 0 Å². The number of hydrogen-bond donors (Lipinski definition) is 2. The first-order valence-corrected chi connectivity index (χ1v) is 3.90. The molecule has 1 aromatic carbocycles. The van der Waals surface area contributed by atoms with Gasteiger partial charge in [-0.2, -0.15) is 0 Å². The van der Waals surface area contributed by atoms with E-state index in [1.54, 1.807) is 6.07 Å². The highest BCUT2D eigenvalue weighted by Crippen LogP contribution is 2.19. The summed E-state index contributed by atoms with van der Waals surface area (Å²) in [6.07, 6.45) is 0. The van der Waals surface area contributed by atoms with E-state index in [2.05, 4.69) is 5.32 Å². The lowest BCUT2D eigenvalue weighted by Gasteiger charge is -2.04. The summed E-state index contributed by atoms with van der Waals surface area (Å²) >= 11 is 5.77. The Morgan fingerprint density at radius 3 is 2.73 bits per heavy atom. The van der Waals surface area contributed by atoms with Crippen LogP contribution in [0, 0.1) is 0 Å². The zero-order chi connectivity index (χ0) is 8.27. The van der Waals surface area contributed by atoms with Crippen LogP contribution in [0.2, 0.25) is 5.02 Å². The summed E-state index contributed by atoms with van der Waals surface area (Å²) in [6, 6.07) is 5.43. The predicted octanol–water partition coefficient (Wildman–Crippen LogP) is 2.35. The Hall–Kier alpha value is -0.890. The maximum absolute atomic E-state index is 5.77. The molecular formula is C8H11ClN2.